The SMILES string of the molecule is C=CC(=O)Nc1cc(N=C(N)/C=C(\NN)N2OCC[C@@H]2c2cc(F)cc(F)c2)c(OC)cc1N1CCC(N2CCC(N(C)C)CC2)CC1. The summed E-state index contributed by atoms with van der Waals surface area (Å²) < 4.78 is 33.7. The number of benzene rings is 2. The molecule has 3 aliphatic rings. The van der Waals surface area contributed by atoms with Crippen LogP contribution in [-0.4, -0.2) is 92.7 Å². The number of hydroxylamine groups is 2. The minimum atomic E-state index is -0.691. The largest absolute Gasteiger partial charge is 0.494 e. The van der Waals surface area contributed by atoms with E-state index in [1.165, 1.54) is 42.2 Å². The number of hydrogen-bond acceptors (Lipinski definition) is 10. The molecule has 2 aromatic rings. The fraction of sp³-hybridized carbons (Fsp3) is 0.471. The summed E-state index contributed by atoms with van der Waals surface area (Å²) in [5.74, 6) is 4.81. The van der Waals surface area contributed by atoms with Gasteiger partial charge in [-0.25, -0.2) is 24.7 Å². The van der Waals surface area contributed by atoms with Crippen LogP contribution >= 0.6 is 0 Å². The highest BCUT2D eigenvalue weighted by atomic mass is 19.1. The first kappa shape index (κ1) is 35.1. The van der Waals surface area contributed by atoms with Crippen LogP contribution < -0.4 is 32.0 Å². The lowest BCUT2D eigenvalue weighted by molar-refractivity contribution is -0.111. The number of carbonyl (C=O) groups excluding carboxylic acids is 1. The molecule has 5 rings (SSSR count). The van der Waals surface area contributed by atoms with Crippen molar-refractivity contribution in [2.24, 2.45) is 16.6 Å². The number of nitrogens with zero attached hydrogens (tertiary/aromatic N) is 5. The molecule has 0 spiro atoms. The molecule has 0 radical (unpaired) electrons. The first-order valence-electron chi connectivity index (χ1n) is 16.3. The van der Waals surface area contributed by atoms with Crippen LogP contribution in [0.3, 0.4) is 0 Å². The Labute approximate surface area is 280 Å². The van der Waals surface area contributed by atoms with E-state index < -0.39 is 17.7 Å². The predicted molar refractivity (Wildman–Crippen MR) is 184 cm³/mol. The highest BCUT2D eigenvalue weighted by Gasteiger charge is 2.32. The van der Waals surface area contributed by atoms with Crippen molar-refractivity contribution in [3.05, 3.63) is 72.1 Å². The highest BCUT2D eigenvalue weighted by molar-refractivity contribution is 6.02. The van der Waals surface area contributed by atoms with E-state index >= 15 is 0 Å². The fourth-order valence-corrected chi connectivity index (χ4v) is 6.85. The first-order valence-corrected chi connectivity index (χ1v) is 16.3. The zero-order valence-corrected chi connectivity index (χ0v) is 27.9. The Balaban J connectivity index is 1.37. The molecular weight excluding hydrogens is 620 g/mol. The van der Waals surface area contributed by atoms with Gasteiger partial charge in [0.2, 0.25) is 5.91 Å². The number of hydrogen-bond donors (Lipinski definition) is 4. The topological polar surface area (TPSA) is 137 Å². The average Bonchev–Trinajstić information content (AvgIpc) is 3.57. The molecule has 14 heteroatoms. The molecular formula is C34H47F2N9O3. The lowest BCUT2D eigenvalue weighted by atomic mass is 9.97. The maximum Gasteiger partial charge on any atom is 0.247 e. The minimum Gasteiger partial charge on any atom is -0.494 e. The zero-order chi connectivity index (χ0) is 34.4. The van der Waals surface area contributed by atoms with Crippen molar-refractivity contribution in [3.63, 3.8) is 0 Å². The Morgan fingerprint density at radius 2 is 1.75 bits per heavy atom. The number of methoxy groups -OCH3 is 1. The Bertz CT molecular complexity index is 1500. The smallest absolute Gasteiger partial charge is 0.247 e. The van der Waals surface area contributed by atoms with Crippen molar-refractivity contribution in [3.8, 4) is 5.75 Å². The summed E-state index contributed by atoms with van der Waals surface area (Å²) in [7, 11) is 5.86. The number of hydrazine groups is 1. The van der Waals surface area contributed by atoms with Gasteiger partial charge < -0.3 is 35.9 Å². The van der Waals surface area contributed by atoms with Gasteiger partial charge in [0.1, 0.15) is 34.7 Å². The van der Waals surface area contributed by atoms with E-state index in [9.17, 15) is 13.6 Å². The van der Waals surface area contributed by atoms with E-state index in [1.807, 2.05) is 6.07 Å². The van der Waals surface area contributed by atoms with Gasteiger partial charge >= 0.3 is 0 Å². The number of amides is 1. The van der Waals surface area contributed by atoms with Crippen molar-refractivity contribution in [2.75, 3.05) is 64.2 Å². The van der Waals surface area contributed by atoms with Gasteiger partial charge in [0.05, 0.1) is 31.1 Å². The number of likely N-dealkylation sites (tertiary alicyclic amines) is 1. The number of rotatable bonds is 11. The lowest BCUT2D eigenvalue weighted by Crippen LogP contribution is -2.50. The lowest BCUT2D eigenvalue weighted by Gasteiger charge is -2.43. The molecule has 0 aliphatic carbocycles. The number of anilines is 2. The number of nitrogens with one attached hydrogen (secondary N) is 2. The molecule has 0 aromatic heterocycles. The average molecular weight is 668 g/mol. The van der Waals surface area contributed by atoms with Crippen molar-refractivity contribution < 1.29 is 23.1 Å². The van der Waals surface area contributed by atoms with E-state index in [0.29, 0.717) is 47.8 Å². The van der Waals surface area contributed by atoms with Gasteiger partial charge in [0.15, 0.2) is 0 Å². The summed E-state index contributed by atoms with van der Waals surface area (Å²) in [4.78, 5) is 30.0. The van der Waals surface area contributed by atoms with Gasteiger partial charge in [0.25, 0.3) is 0 Å². The standard InChI is InChI=1S/C34H47F2N9O3/c1-5-34(46)40-27-19-28(39-32(37)21-33(41-38)45-29(10-15-48-45)22-16-23(35)18-24(36)17-22)31(47-4)20-30(27)44-13-8-26(9-14-44)43-11-6-25(7-12-43)42(2)3/h5,16-21,25-26,29,41H,1,6-15,38H2,2-4H3,(H2,37,39)(H,40,46)/b33-21+/t29-/m1/s1. The molecule has 3 fully saturated rings. The normalized spacial score (nSPS) is 20.4. The van der Waals surface area contributed by atoms with Crippen LogP contribution in [0.15, 0.2) is 59.9 Å². The quantitative estimate of drug-likeness (QED) is 0.0922. The van der Waals surface area contributed by atoms with Gasteiger partial charge in [-0.15, -0.1) is 0 Å². The second kappa shape index (κ2) is 15.8. The molecule has 1 atom stereocenters. The van der Waals surface area contributed by atoms with Crippen LogP contribution in [0.4, 0.5) is 25.8 Å². The summed E-state index contributed by atoms with van der Waals surface area (Å²) >= 11 is 0. The van der Waals surface area contributed by atoms with Gasteiger partial charge in [-0.2, -0.15) is 0 Å². The van der Waals surface area contributed by atoms with E-state index in [2.05, 4.69) is 51.1 Å². The first-order chi connectivity index (χ1) is 23.1. The summed E-state index contributed by atoms with van der Waals surface area (Å²) in [5.41, 5.74) is 11.1. The predicted octanol–water partition coefficient (Wildman–Crippen LogP) is 3.76. The zero-order valence-electron chi connectivity index (χ0n) is 27.9. The fourth-order valence-electron chi connectivity index (χ4n) is 6.85. The molecule has 1 amide bonds. The molecule has 0 bridgehead atoms. The molecule has 2 aromatic carbocycles. The summed E-state index contributed by atoms with van der Waals surface area (Å²) in [6.07, 6.45) is 7.53. The number of aliphatic imine (C=N–C) groups is 1. The number of carbonyl (C=O) groups is 1. The number of halogens is 2. The molecule has 260 valence electrons. The third-order valence-corrected chi connectivity index (χ3v) is 9.39. The molecule has 0 unspecified atom stereocenters. The molecule has 12 nitrogen and oxygen atoms in total. The summed E-state index contributed by atoms with van der Waals surface area (Å²) in [5, 5.41) is 4.34. The van der Waals surface area contributed by atoms with Gasteiger partial charge in [0, 0.05) is 49.8 Å². The minimum absolute atomic E-state index is 0.0357. The third kappa shape index (κ3) is 8.24. The molecule has 3 saturated heterocycles. The highest BCUT2D eigenvalue weighted by Crippen LogP contribution is 2.40. The molecule has 0 saturated carbocycles. The van der Waals surface area contributed by atoms with Crippen LogP contribution in [-0.2, 0) is 9.63 Å². The van der Waals surface area contributed by atoms with E-state index in [1.54, 1.807) is 13.2 Å². The van der Waals surface area contributed by atoms with Gasteiger partial charge in [-0.1, -0.05) is 6.58 Å². The Kier molecular flexibility index (Phi) is 11.5. The van der Waals surface area contributed by atoms with Crippen molar-refractivity contribution >= 4 is 28.8 Å². The van der Waals surface area contributed by atoms with Crippen molar-refractivity contribution in [1.82, 2.24) is 20.3 Å². The third-order valence-electron chi connectivity index (χ3n) is 9.39. The van der Waals surface area contributed by atoms with E-state index in [4.69, 9.17) is 21.2 Å². The number of ether oxygens (including phenoxy) is 1. The van der Waals surface area contributed by atoms with Crippen LogP contribution in [0.25, 0.3) is 0 Å². The van der Waals surface area contributed by atoms with E-state index in [0.717, 1.165) is 50.8 Å². The Morgan fingerprint density at radius 1 is 1.06 bits per heavy atom. The molecule has 3 aliphatic heterocycles. The van der Waals surface area contributed by atoms with E-state index in [-0.39, 0.29) is 17.6 Å². The second-order valence-corrected chi connectivity index (χ2v) is 12.6. The summed E-state index contributed by atoms with van der Waals surface area (Å²) in [6.45, 7) is 7.77. The molecule has 48 heavy (non-hydrogen) atoms. The van der Waals surface area contributed by atoms with Crippen molar-refractivity contribution in [2.45, 2.75) is 50.2 Å². The maximum atomic E-state index is 14.0. The second-order valence-electron chi connectivity index (χ2n) is 12.6. The van der Waals surface area contributed by atoms with Crippen LogP contribution in [0, 0.1) is 11.6 Å². The number of amidine groups is 1. The molecule has 6 N–H and O–H groups in total. The molecule has 3 heterocycles. The monoisotopic (exact) mass is 667 g/mol. The van der Waals surface area contributed by atoms with Gasteiger partial charge in [-0.3, -0.25) is 9.63 Å². The van der Waals surface area contributed by atoms with Crippen LogP contribution in [0.2, 0.25) is 0 Å². The van der Waals surface area contributed by atoms with Crippen LogP contribution in [0.1, 0.15) is 43.7 Å². The Morgan fingerprint density at radius 3 is 2.35 bits per heavy atom. The number of nitrogens with two attached hydrogens (primary N) is 2. The van der Waals surface area contributed by atoms with Gasteiger partial charge in [-0.05, 0) is 82.7 Å². The van der Waals surface area contributed by atoms with Crippen molar-refractivity contribution in [1.29, 1.82) is 0 Å². The number of piperidine rings is 2. The summed E-state index contributed by atoms with van der Waals surface area (Å²) in [6, 6.07) is 7.55. The van der Waals surface area contributed by atoms with Crippen LogP contribution in [0.5, 0.6) is 5.75 Å². The Hall–Kier alpha value is -4.24. The maximum absolute atomic E-state index is 14.0.